The number of ether oxygens (including phenoxy) is 1. The van der Waals surface area contributed by atoms with Crippen LogP contribution in [-0.4, -0.2) is 47.3 Å². The number of aliphatic hydroxyl groups is 1. The van der Waals surface area contributed by atoms with E-state index in [1.807, 2.05) is 0 Å². The number of rotatable bonds is 7. The Labute approximate surface area is 246 Å². The summed E-state index contributed by atoms with van der Waals surface area (Å²) in [5.74, 6) is -2.86. The minimum atomic E-state index is -4.21. The van der Waals surface area contributed by atoms with E-state index in [2.05, 4.69) is 4.98 Å². The molecule has 5 rings (SSSR count). The number of hydrogen-bond acceptors (Lipinski definition) is 11. The lowest BCUT2D eigenvalue weighted by Crippen LogP contribution is -2.29. The number of non-ortho nitro benzene ring substituents is 1. The fourth-order valence-electron chi connectivity index (χ4n) is 4.32. The fraction of sp³-hybridized carbons (Fsp3) is 0.0741. The van der Waals surface area contributed by atoms with Gasteiger partial charge in [-0.05, 0) is 54.1 Å². The number of aromatic hydroxyl groups is 1. The zero-order valence-electron chi connectivity index (χ0n) is 21.3. The number of phenolic OH excluding ortho intramolecular Hbond substituents is 1. The zero-order valence-corrected chi connectivity index (χ0v) is 23.7. The quantitative estimate of drug-likeness (QED) is 0.0943. The molecule has 3 aromatic carbocycles. The number of Topliss-reactive ketones (excluding diaryl/α,β-unsaturated/α-hetero) is 1. The van der Waals surface area contributed by atoms with Gasteiger partial charge in [0.2, 0.25) is 9.84 Å². The number of aromatic nitrogens is 1. The molecule has 1 aromatic heterocycles. The predicted molar refractivity (Wildman–Crippen MR) is 152 cm³/mol. The maximum atomic E-state index is 13.4. The average Bonchev–Trinajstić information content (AvgIpc) is 3.57. The number of amides is 1. The number of hydrogen-bond donors (Lipinski definition) is 2. The van der Waals surface area contributed by atoms with E-state index in [1.54, 1.807) is 0 Å². The summed E-state index contributed by atoms with van der Waals surface area (Å²) < 4.78 is 31.4. The molecule has 0 saturated carbocycles. The first-order valence-corrected chi connectivity index (χ1v) is 14.5. The number of nitro groups is 1. The van der Waals surface area contributed by atoms with Crippen molar-refractivity contribution in [3.8, 4) is 11.5 Å². The van der Waals surface area contributed by atoms with E-state index in [-0.39, 0.29) is 48.1 Å². The van der Waals surface area contributed by atoms with Crippen molar-refractivity contribution in [3.05, 3.63) is 105 Å². The molecule has 214 valence electrons. The first-order chi connectivity index (χ1) is 19.9. The van der Waals surface area contributed by atoms with E-state index in [4.69, 9.17) is 16.3 Å². The minimum Gasteiger partial charge on any atom is -0.507 e. The Balaban J connectivity index is 1.65. The summed E-state index contributed by atoms with van der Waals surface area (Å²) in [6.07, 6.45) is 1.00. The third-order valence-electron chi connectivity index (χ3n) is 6.38. The van der Waals surface area contributed by atoms with Crippen LogP contribution < -0.4 is 9.64 Å². The maximum Gasteiger partial charge on any atom is 0.301 e. The molecule has 2 N–H and O–H groups in total. The van der Waals surface area contributed by atoms with Crippen LogP contribution in [-0.2, 0) is 19.4 Å². The summed E-state index contributed by atoms with van der Waals surface area (Å²) in [6.45, 7) is 0. The van der Waals surface area contributed by atoms with Gasteiger partial charge in [-0.3, -0.25) is 24.6 Å². The molecule has 1 aliphatic rings. The molecule has 1 unspecified atom stereocenters. The van der Waals surface area contributed by atoms with E-state index < -0.39 is 38.3 Å². The van der Waals surface area contributed by atoms with Crippen LogP contribution in [0.4, 0.5) is 10.8 Å². The molecule has 0 aliphatic carbocycles. The number of benzene rings is 3. The highest BCUT2D eigenvalue weighted by atomic mass is 35.5. The SMILES string of the molecule is COc1cc(C2/C(=C(\O)c3ccc(Cl)cc3)C(=O)C(=O)N2c2ncc(S(=O)(=O)c3ccc([N+](=O)[O-])cc3)s2)ccc1O. The van der Waals surface area contributed by atoms with Gasteiger partial charge in [0.1, 0.15) is 9.97 Å². The van der Waals surface area contributed by atoms with E-state index in [9.17, 15) is 38.3 Å². The molecule has 1 saturated heterocycles. The number of nitrogens with zero attached hydrogens (tertiary/aromatic N) is 3. The number of anilines is 1. The maximum absolute atomic E-state index is 13.4. The predicted octanol–water partition coefficient (Wildman–Crippen LogP) is 4.88. The summed E-state index contributed by atoms with van der Waals surface area (Å²) in [7, 11) is -2.91. The van der Waals surface area contributed by atoms with Crippen molar-refractivity contribution in [2.45, 2.75) is 15.1 Å². The highest BCUT2D eigenvalue weighted by Crippen LogP contribution is 2.45. The lowest BCUT2D eigenvalue weighted by Gasteiger charge is -2.23. The van der Waals surface area contributed by atoms with Gasteiger partial charge in [0, 0.05) is 22.7 Å². The molecular weight excluding hydrogens is 610 g/mol. The zero-order chi connectivity index (χ0) is 30.3. The molecule has 4 aromatic rings. The Morgan fingerprint density at radius 3 is 2.38 bits per heavy atom. The molecule has 2 heterocycles. The van der Waals surface area contributed by atoms with Crippen molar-refractivity contribution >= 4 is 61.0 Å². The topological polar surface area (TPSA) is 177 Å². The van der Waals surface area contributed by atoms with Crippen molar-refractivity contribution < 1.29 is 37.9 Å². The van der Waals surface area contributed by atoms with Gasteiger partial charge in [0.25, 0.3) is 11.5 Å². The first-order valence-electron chi connectivity index (χ1n) is 11.8. The Morgan fingerprint density at radius 1 is 1.10 bits per heavy atom. The lowest BCUT2D eigenvalue weighted by molar-refractivity contribution is -0.384. The summed E-state index contributed by atoms with van der Waals surface area (Å²) >= 11 is 6.55. The molecule has 1 atom stereocenters. The number of carbonyl (C=O) groups is 2. The summed E-state index contributed by atoms with van der Waals surface area (Å²) in [5, 5.41) is 32.5. The van der Waals surface area contributed by atoms with Gasteiger partial charge in [-0.15, -0.1) is 0 Å². The molecular formula is C27H18ClN3O9S2. The molecule has 12 nitrogen and oxygen atoms in total. The first kappa shape index (κ1) is 28.7. The van der Waals surface area contributed by atoms with Gasteiger partial charge >= 0.3 is 5.91 Å². The standard InChI is InChI=1S/C27H18ClN3O9S2/c1-40-20-12-15(4-11-19(20)32)23-22(24(33)14-2-5-16(28)6-3-14)25(34)26(35)30(23)27-29-13-21(41-27)42(38,39)18-9-7-17(8-10-18)31(36)37/h2-13,23,32-33H,1H3/b24-22+. The summed E-state index contributed by atoms with van der Waals surface area (Å²) in [6, 6.07) is 12.9. The Kier molecular flexibility index (Phi) is 7.45. The Morgan fingerprint density at radius 2 is 1.76 bits per heavy atom. The van der Waals surface area contributed by atoms with E-state index >= 15 is 0 Å². The van der Waals surface area contributed by atoms with Gasteiger partial charge in [-0.25, -0.2) is 13.4 Å². The number of aliphatic hydroxyl groups excluding tert-OH is 1. The highest BCUT2D eigenvalue weighted by Gasteiger charge is 2.48. The molecule has 0 radical (unpaired) electrons. The minimum absolute atomic E-state index is 0.0187. The highest BCUT2D eigenvalue weighted by molar-refractivity contribution is 7.93. The second-order valence-electron chi connectivity index (χ2n) is 8.82. The summed E-state index contributed by atoms with van der Waals surface area (Å²) in [5.41, 5.74) is -0.180. The van der Waals surface area contributed by atoms with Gasteiger partial charge in [-0.2, -0.15) is 0 Å². The number of ketones is 1. The molecule has 1 amide bonds. The Hall–Kier alpha value is -4.79. The van der Waals surface area contributed by atoms with E-state index in [0.29, 0.717) is 16.4 Å². The van der Waals surface area contributed by atoms with Crippen molar-refractivity contribution in [1.29, 1.82) is 0 Å². The molecule has 42 heavy (non-hydrogen) atoms. The van der Waals surface area contributed by atoms with Crippen LogP contribution in [0.2, 0.25) is 5.02 Å². The molecule has 1 fully saturated rings. The number of phenols is 1. The number of methoxy groups -OCH3 is 1. The van der Waals surface area contributed by atoms with Gasteiger partial charge < -0.3 is 14.9 Å². The van der Waals surface area contributed by atoms with Crippen LogP contribution in [0.25, 0.3) is 5.76 Å². The molecule has 15 heteroatoms. The number of nitro benzene ring substituents is 1. The summed E-state index contributed by atoms with van der Waals surface area (Å²) in [4.78, 5) is 41.9. The third-order valence-corrected chi connectivity index (χ3v) is 9.86. The smallest absolute Gasteiger partial charge is 0.301 e. The number of thiazole rings is 1. The Bertz CT molecular complexity index is 1890. The number of sulfone groups is 1. The van der Waals surface area contributed by atoms with E-state index in [0.717, 1.165) is 35.4 Å². The van der Waals surface area contributed by atoms with Gasteiger partial charge in [0.15, 0.2) is 16.6 Å². The van der Waals surface area contributed by atoms with Crippen LogP contribution in [0.5, 0.6) is 11.5 Å². The monoisotopic (exact) mass is 627 g/mol. The largest absolute Gasteiger partial charge is 0.507 e. The number of carbonyl (C=O) groups excluding carboxylic acids is 2. The van der Waals surface area contributed by atoms with Crippen LogP contribution in [0.15, 0.2) is 87.6 Å². The normalized spacial score (nSPS) is 16.5. The van der Waals surface area contributed by atoms with E-state index in [1.165, 1.54) is 49.6 Å². The number of halogens is 1. The lowest BCUT2D eigenvalue weighted by atomic mass is 9.95. The van der Waals surface area contributed by atoms with Crippen LogP contribution in [0.3, 0.4) is 0 Å². The third kappa shape index (κ3) is 4.95. The van der Waals surface area contributed by atoms with Crippen molar-refractivity contribution in [3.63, 3.8) is 0 Å². The molecule has 0 bridgehead atoms. The van der Waals surface area contributed by atoms with Crippen molar-refractivity contribution in [1.82, 2.24) is 4.98 Å². The van der Waals surface area contributed by atoms with Gasteiger partial charge in [0.05, 0.1) is 34.7 Å². The van der Waals surface area contributed by atoms with Crippen molar-refractivity contribution in [2.24, 2.45) is 0 Å². The fourth-order valence-corrected chi connectivity index (χ4v) is 6.99. The second-order valence-corrected chi connectivity index (χ2v) is 12.4. The van der Waals surface area contributed by atoms with Gasteiger partial charge in [-0.1, -0.05) is 29.0 Å². The van der Waals surface area contributed by atoms with Crippen LogP contribution >= 0.6 is 22.9 Å². The average molecular weight is 628 g/mol. The molecule has 0 spiro atoms. The van der Waals surface area contributed by atoms with Crippen LogP contribution in [0.1, 0.15) is 17.2 Å². The molecule has 1 aliphatic heterocycles. The van der Waals surface area contributed by atoms with Crippen LogP contribution in [0, 0.1) is 10.1 Å². The van der Waals surface area contributed by atoms with Crippen molar-refractivity contribution in [2.75, 3.05) is 12.0 Å². The second kappa shape index (κ2) is 10.9.